The van der Waals surface area contributed by atoms with Crippen molar-refractivity contribution < 1.29 is 34.3 Å². The van der Waals surface area contributed by atoms with Crippen molar-refractivity contribution in [3.8, 4) is 0 Å². The Hall–Kier alpha value is -0.280. The minimum Gasteiger partial charge on any atom is -0.394 e. The van der Waals surface area contributed by atoms with Crippen LogP contribution in [-0.2, 0) is 18.9 Å². The van der Waals surface area contributed by atoms with Gasteiger partial charge < -0.3 is 34.3 Å². The van der Waals surface area contributed by atoms with E-state index in [9.17, 15) is 10.2 Å². The van der Waals surface area contributed by atoms with Gasteiger partial charge in [-0.15, -0.1) is 0 Å². The Kier molecular flexibility index (Phi) is 4.42. The van der Waals surface area contributed by atoms with Crippen LogP contribution in [0.3, 0.4) is 0 Å². The minimum absolute atomic E-state index is 0.284. The average molecular weight is 292 g/mol. The second-order valence-corrected chi connectivity index (χ2v) is 6.17. The van der Waals surface area contributed by atoms with E-state index in [4.69, 9.17) is 24.1 Å². The smallest absolute Gasteiger partial charge is 0.164 e. The van der Waals surface area contributed by atoms with Crippen LogP contribution in [0.15, 0.2) is 0 Å². The maximum Gasteiger partial charge on any atom is 0.164 e. The first-order chi connectivity index (χ1) is 9.15. The molecule has 2 aliphatic heterocycles. The van der Waals surface area contributed by atoms with Crippen molar-refractivity contribution in [1.29, 1.82) is 0 Å². The highest BCUT2D eigenvalue weighted by Crippen LogP contribution is 2.35. The second-order valence-electron chi connectivity index (χ2n) is 6.17. The standard InChI is InChI=1S/C13H24O7/c1-12(2)17-6-8(18-12)11-9(16)10(7(15)5-14)19-13(3,4)20-11/h7-11,14-16H,5-6H2,1-4H3/t7-,8+,9-,10-,11+/m0/s1. The van der Waals surface area contributed by atoms with Crippen molar-refractivity contribution in [3.05, 3.63) is 0 Å². The van der Waals surface area contributed by atoms with Crippen LogP contribution >= 0.6 is 0 Å². The van der Waals surface area contributed by atoms with Crippen molar-refractivity contribution in [2.24, 2.45) is 0 Å². The molecule has 0 aromatic carbocycles. The third-order valence-corrected chi connectivity index (χ3v) is 3.48. The Morgan fingerprint density at radius 1 is 1.10 bits per heavy atom. The van der Waals surface area contributed by atoms with Gasteiger partial charge in [0.25, 0.3) is 0 Å². The number of aliphatic hydroxyl groups excluding tert-OH is 3. The van der Waals surface area contributed by atoms with E-state index >= 15 is 0 Å². The van der Waals surface area contributed by atoms with Gasteiger partial charge in [0.2, 0.25) is 0 Å². The van der Waals surface area contributed by atoms with Crippen molar-refractivity contribution in [2.45, 2.75) is 69.8 Å². The molecule has 2 rings (SSSR count). The Bertz CT molecular complexity index is 344. The molecule has 7 nitrogen and oxygen atoms in total. The first kappa shape index (κ1) is 16.1. The van der Waals surface area contributed by atoms with Gasteiger partial charge in [-0.05, 0) is 27.7 Å². The fourth-order valence-corrected chi connectivity index (χ4v) is 2.59. The Morgan fingerprint density at radius 2 is 1.75 bits per heavy atom. The van der Waals surface area contributed by atoms with Gasteiger partial charge in [0.1, 0.15) is 30.5 Å². The molecule has 0 spiro atoms. The monoisotopic (exact) mass is 292 g/mol. The summed E-state index contributed by atoms with van der Waals surface area (Å²) < 4.78 is 22.4. The molecule has 2 saturated heterocycles. The molecule has 2 fully saturated rings. The molecule has 0 unspecified atom stereocenters. The average Bonchev–Trinajstić information content (AvgIpc) is 2.71. The predicted octanol–water partition coefficient (Wildman–Crippen LogP) is -0.628. The van der Waals surface area contributed by atoms with E-state index in [1.54, 1.807) is 27.7 Å². The zero-order valence-electron chi connectivity index (χ0n) is 12.3. The first-order valence-electron chi connectivity index (χ1n) is 6.79. The third-order valence-electron chi connectivity index (χ3n) is 3.48. The summed E-state index contributed by atoms with van der Waals surface area (Å²) in [6, 6.07) is 0. The molecule has 0 saturated carbocycles. The summed E-state index contributed by atoms with van der Waals surface area (Å²) in [5.74, 6) is -1.73. The highest BCUT2D eigenvalue weighted by molar-refractivity contribution is 4.94. The summed E-state index contributed by atoms with van der Waals surface area (Å²) in [6.45, 7) is 6.71. The van der Waals surface area contributed by atoms with E-state index in [0.717, 1.165) is 0 Å². The lowest BCUT2D eigenvalue weighted by Crippen LogP contribution is -2.62. The maximum absolute atomic E-state index is 10.3. The van der Waals surface area contributed by atoms with Gasteiger partial charge in [0.15, 0.2) is 11.6 Å². The Labute approximate surface area is 118 Å². The van der Waals surface area contributed by atoms with Crippen molar-refractivity contribution in [3.63, 3.8) is 0 Å². The van der Waals surface area contributed by atoms with Crippen LogP contribution in [-0.4, -0.2) is 70.6 Å². The number of ether oxygens (including phenoxy) is 4. The van der Waals surface area contributed by atoms with Gasteiger partial charge in [-0.25, -0.2) is 0 Å². The van der Waals surface area contributed by atoms with Crippen molar-refractivity contribution in [1.82, 2.24) is 0 Å². The number of hydrogen-bond donors (Lipinski definition) is 3. The molecule has 5 atom stereocenters. The fraction of sp³-hybridized carbons (Fsp3) is 1.00. The van der Waals surface area contributed by atoms with Crippen LogP contribution in [0.2, 0.25) is 0 Å². The molecular formula is C13H24O7. The van der Waals surface area contributed by atoms with Crippen molar-refractivity contribution in [2.75, 3.05) is 13.2 Å². The SMILES string of the molecule is CC1(C)O[C@@H]([C@@H](O)CO)[C@H](O)[C@@H]([C@H]2COC(C)(C)O2)O1. The largest absolute Gasteiger partial charge is 0.394 e. The van der Waals surface area contributed by atoms with Crippen LogP contribution in [0.5, 0.6) is 0 Å². The molecule has 118 valence electrons. The van der Waals surface area contributed by atoms with Crippen molar-refractivity contribution >= 4 is 0 Å². The number of hydrogen-bond acceptors (Lipinski definition) is 7. The quantitative estimate of drug-likeness (QED) is 0.637. The second kappa shape index (κ2) is 5.49. The lowest BCUT2D eigenvalue weighted by molar-refractivity contribution is -0.359. The van der Waals surface area contributed by atoms with E-state index in [2.05, 4.69) is 0 Å². The van der Waals surface area contributed by atoms with Crippen LogP contribution in [0.25, 0.3) is 0 Å². The molecule has 0 bridgehead atoms. The van der Waals surface area contributed by atoms with Gasteiger partial charge in [-0.2, -0.15) is 0 Å². The van der Waals surface area contributed by atoms with Gasteiger partial charge in [0.05, 0.1) is 13.2 Å². The highest BCUT2D eigenvalue weighted by Gasteiger charge is 2.51. The van der Waals surface area contributed by atoms with Crippen LogP contribution < -0.4 is 0 Å². The van der Waals surface area contributed by atoms with E-state index in [1.807, 2.05) is 0 Å². The fourth-order valence-electron chi connectivity index (χ4n) is 2.59. The van der Waals surface area contributed by atoms with Crippen LogP contribution in [0, 0.1) is 0 Å². The van der Waals surface area contributed by atoms with Gasteiger partial charge in [0, 0.05) is 0 Å². The molecule has 2 aliphatic rings. The normalized spacial score (nSPS) is 41.5. The number of rotatable bonds is 3. The zero-order valence-corrected chi connectivity index (χ0v) is 12.3. The molecule has 0 radical (unpaired) electrons. The van der Waals surface area contributed by atoms with Gasteiger partial charge in [-0.3, -0.25) is 0 Å². The van der Waals surface area contributed by atoms with Gasteiger partial charge >= 0.3 is 0 Å². The number of aliphatic hydroxyl groups is 3. The van der Waals surface area contributed by atoms with E-state index in [1.165, 1.54) is 0 Å². The molecular weight excluding hydrogens is 268 g/mol. The zero-order chi connectivity index (χ0) is 15.1. The molecule has 7 heteroatoms. The van der Waals surface area contributed by atoms with Crippen LogP contribution in [0.1, 0.15) is 27.7 Å². The van der Waals surface area contributed by atoms with E-state index in [0.29, 0.717) is 0 Å². The Morgan fingerprint density at radius 3 is 2.25 bits per heavy atom. The minimum atomic E-state index is -1.19. The first-order valence-corrected chi connectivity index (χ1v) is 6.79. The summed E-state index contributed by atoms with van der Waals surface area (Å²) in [5.41, 5.74) is 0. The summed E-state index contributed by atoms with van der Waals surface area (Å²) in [5, 5.41) is 29.2. The molecule has 20 heavy (non-hydrogen) atoms. The van der Waals surface area contributed by atoms with Gasteiger partial charge in [-0.1, -0.05) is 0 Å². The maximum atomic E-state index is 10.3. The highest BCUT2D eigenvalue weighted by atomic mass is 16.8. The summed E-state index contributed by atoms with van der Waals surface area (Å²) in [4.78, 5) is 0. The summed E-state index contributed by atoms with van der Waals surface area (Å²) in [6.07, 6.45) is -4.41. The van der Waals surface area contributed by atoms with E-state index < -0.39 is 48.7 Å². The summed E-state index contributed by atoms with van der Waals surface area (Å²) >= 11 is 0. The van der Waals surface area contributed by atoms with E-state index in [-0.39, 0.29) is 6.61 Å². The molecule has 2 heterocycles. The molecule has 3 N–H and O–H groups in total. The lowest BCUT2D eigenvalue weighted by atomic mass is 9.97. The third kappa shape index (κ3) is 3.30. The van der Waals surface area contributed by atoms with Crippen LogP contribution in [0.4, 0.5) is 0 Å². The molecule has 0 aromatic heterocycles. The molecule has 0 aromatic rings. The lowest BCUT2D eigenvalue weighted by Gasteiger charge is -2.46. The molecule has 0 amide bonds. The predicted molar refractivity (Wildman–Crippen MR) is 67.8 cm³/mol. The topological polar surface area (TPSA) is 97.6 Å². The summed E-state index contributed by atoms with van der Waals surface area (Å²) in [7, 11) is 0. The molecule has 0 aliphatic carbocycles. The Balaban J connectivity index is 2.15.